The van der Waals surface area contributed by atoms with Gasteiger partial charge in [0, 0.05) is 10.9 Å². The average molecular weight is 524 g/mol. The molecule has 0 spiro atoms. The molecular formula is C26H19F2N3O5S. The molecule has 4 aromatic rings. The molecule has 3 N–H and O–H groups in total. The highest BCUT2D eigenvalue weighted by Crippen LogP contribution is 2.52. The first-order valence-corrected chi connectivity index (χ1v) is 12.8. The Bertz CT molecular complexity index is 1700. The van der Waals surface area contributed by atoms with Crippen LogP contribution in [0, 0.1) is 0 Å². The number of anilines is 1. The third-order valence-corrected chi connectivity index (χ3v) is 7.47. The van der Waals surface area contributed by atoms with Gasteiger partial charge in [-0.3, -0.25) is 4.79 Å². The number of benzene rings is 3. The summed E-state index contributed by atoms with van der Waals surface area (Å²) in [5, 5.41) is 9.70. The summed E-state index contributed by atoms with van der Waals surface area (Å²) in [6.07, 6.45) is -2.71. The van der Waals surface area contributed by atoms with Crippen LogP contribution < -0.4 is 19.9 Å². The second kappa shape index (κ2) is 7.95. The third-order valence-electron chi connectivity index (χ3n) is 6.56. The summed E-state index contributed by atoms with van der Waals surface area (Å²) >= 11 is 0. The molecule has 1 amide bonds. The Hall–Kier alpha value is -4.09. The first-order valence-electron chi connectivity index (χ1n) is 11.3. The Morgan fingerprint density at radius 2 is 1.70 bits per heavy atom. The Labute approximate surface area is 210 Å². The lowest BCUT2D eigenvalue weighted by atomic mass is 9.94. The molecule has 1 fully saturated rings. The van der Waals surface area contributed by atoms with Gasteiger partial charge in [0.25, 0.3) is 0 Å². The van der Waals surface area contributed by atoms with Gasteiger partial charge in [0.15, 0.2) is 11.5 Å². The predicted octanol–water partition coefficient (Wildman–Crippen LogP) is 4.54. The van der Waals surface area contributed by atoms with Gasteiger partial charge in [-0.15, -0.1) is 8.78 Å². The van der Waals surface area contributed by atoms with Crippen molar-refractivity contribution in [3.63, 3.8) is 0 Å². The van der Waals surface area contributed by atoms with Crippen molar-refractivity contribution in [2.45, 2.75) is 29.4 Å². The number of carbonyl (C=O) groups excluding carboxylic acids is 1. The van der Waals surface area contributed by atoms with Crippen molar-refractivity contribution >= 4 is 32.5 Å². The molecule has 1 aliphatic heterocycles. The van der Waals surface area contributed by atoms with Crippen molar-refractivity contribution in [3.8, 4) is 22.8 Å². The number of pyridine rings is 1. The fraction of sp³-hybridized carbons (Fsp3) is 0.154. The molecule has 3 aromatic carbocycles. The molecule has 2 aliphatic rings. The van der Waals surface area contributed by atoms with Crippen LogP contribution in [0.5, 0.6) is 11.5 Å². The summed E-state index contributed by atoms with van der Waals surface area (Å²) in [6.45, 7) is 0. The van der Waals surface area contributed by atoms with E-state index in [1.165, 1.54) is 24.3 Å². The van der Waals surface area contributed by atoms with Gasteiger partial charge >= 0.3 is 6.29 Å². The lowest BCUT2D eigenvalue weighted by Gasteiger charge is -2.17. The quantitative estimate of drug-likeness (QED) is 0.396. The zero-order chi connectivity index (χ0) is 26.0. The van der Waals surface area contributed by atoms with Crippen molar-refractivity contribution in [3.05, 3.63) is 78.4 Å². The van der Waals surface area contributed by atoms with Gasteiger partial charge in [0.1, 0.15) is 5.82 Å². The lowest BCUT2D eigenvalue weighted by molar-refractivity contribution is -0.286. The van der Waals surface area contributed by atoms with Crippen LogP contribution >= 0.6 is 0 Å². The summed E-state index contributed by atoms with van der Waals surface area (Å²) in [5.41, 5.74) is 0.592. The fourth-order valence-electron chi connectivity index (χ4n) is 4.56. The Balaban J connectivity index is 1.36. The monoisotopic (exact) mass is 523 g/mol. The van der Waals surface area contributed by atoms with Gasteiger partial charge in [-0.25, -0.2) is 18.5 Å². The number of carbonyl (C=O) groups is 1. The smallest absolute Gasteiger partial charge is 0.395 e. The second-order valence-electron chi connectivity index (χ2n) is 9.02. The van der Waals surface area contributed by atoms with Crippen LogP contribution in [0.2, 0.25) is 0 Å². The summed E-state index contributed by atoms with van der Waals surface area (Å²) in [4.78, 5) is 18.0. The van der Waals surface area contributed by atoms with Gasteiger partial charge in [-0.1, -0.05) is 42.5 Å². The maximum Gasteiger partial charge on any atom is 0.586 e. The minimum absolute atomic E-state index is 0.0596. The van der Waals surface area contributed by atoms with Crippen molar-refractivity contribution in [1.82, 2.24) is 4.98 Å². The first-order chi connectivity index (χ1) is 17.5. The molecule has 1 saturated carbocycles. The van der Waals surface area contributed by atoms with Gasteiger partial charge in [-0.05, 0) is 54.1 Å². The van der Waals surface area contributed by atoms with E-state index < -0.39 is 21.7 Å². The van der Waals surface area contributed by atoms with E-state index >= 15 is 0 Å². The molecule has 2 heterocycles. The number of aromatic nitrogens is 1. The molecule has 1 aliphatic carbocycles. The summed E-state index contributed by atoms with van der Waals surface area (Å²) in [5.74, 6) is -0.293. The maximum atomic E-state index is 13.5. The fourth-order valence-corrected chi connectivity index (χ4v) is 5.12. The van der Waals surface area contributed by atoms with Crippen LogP contribution in [0.3, 0.4) is 0 Å². The minimum atomic E-state index is -3.93. The Kier molecular flexibility index (Phi) is 5.01. The number of fused-ring (bicyclic) bond motifs is 2. The summed E-state index contributed by atoms with van der Waals surface area (Å²) in [7, 11) is -3.93. The molecular weight excluding hydrogens is 504 g/mol. The van der Waals surface area contributed by atoms with E-state index in [0.717, 1.165) is 10.8 Å². The summed E-state index contributed by atoms with van der Waals surface area (Å²) < 4.78 is 59.7. The van der Waals surface area contributed by atoms with E-state index in [-0.39, 0.29) is 28.1 Å². The molecule has 0 atom stereocenters. The van der Waals surface area contributed by atoms with Crippen molar-refractivity contribution in [2.75, 3.05) is 5.32 Å². The normalized spacial score (nSPS) is 16.9. The number of nitrogens with two attached hydrogens (primary N) is 1. The number of hydrogen-bond acceptors (Lipinski definition) is 6. The topological polar surface area (TPSA) is 121 Å². The highest BCUT2D eigenvalue weighted by atomic mass is 32.2. The number of halogens is 2. The van der Waals surface area contributed by atoms with E-state index in [2.05, 4.69) is 19.8 Å². The molecule has 0 bridgehead atoms. The molecule has 0 unspecified atom stereocenters. The number of nitrogens with zero attached hydrogens (tertiary/aromatic N) is 1. The minimum Gasteiger partial charge on any atom is -0.395 e. The largest absolute Gasteiger partial charge is 0.586 e. The van der Waals surface area contributed by atoms with E-state index in [1.54, 1.807) is 24.3 Å². The zero-order valence-corrected chi connectivity index (χ0v) is 19.9. The average Bonchev–Trinajstić information content (AvgIpc) is 3.60. The van der Waals surface area contributed by atoms with E-state index in [4.69, 9.17) is 5.14 Å². The van der Waals surface area contributed by atoms with E-state index in [0.29, 0.717) is 29.7 Å². The SMILES string of the molecule is NS(=O)(=O)c1cccc(-c2nc(NC(=O)C3(c4ccc5c(c4)OC(F)(F)O5)CC3)cc3ccccc23)c1. The molecule has 8 nitrogen and oxygen atoms in total. The Morgan fingerprint density at radius 3 is 2.46 bits per heavy atom. The van der Waals surface area contributed by atoms with Crippen LogP contribution in [-0.4, -0.2) is 25.6 Å². The van der Waals surface area contributed by atoms with Gasteiger partial charge in [0.05, 0.1) is 16.0 Å². The van der Waals surface area contributed by atoms with E-state index in [1.807, 2.05) is 24.3 Å². The number of amides is 1. The summed E-state index contributed by atoms with van der Waals surface area (Å²) in [6, 6.07) is 19.5. The van der Waals surface area contributed by atoms with Gasteiger partial charge in [-0.2, -0.15) is 0 Å². The zero-order valence-electron chi connectivity index (χ0n) is 19.1. The van der Waals surface area contributed by atoms with E-state index in [9.17, 15) is 22.0 Å². The lowest BCUT2D eigenvalue weighted by Crippen LogP contribution is -2.28. The van der Waals surface area contributed by atoms with Crippen LogP contribution in [0.25, 0.3) is 22.0 Å². The molecule has 37 heavy (non-hydrogen) atoms. The standard InChI is InChI=1S/C26H19F2N3O5S/c27-26(28)35-20-9-8-17(14-21(20)36-26)25(10-11-25)24(32)31-22-13-15-4-1-2-7-19(15)23(30-22)16-5-3-6-18(12-16)37(29,33)34/h1-9,12-14H,10-11H2,(H2,29,33,34)(H,30,31,32). The number of nitrogens with one attached hydrogen (secondary N) is 1. The number of alkyl halides is 2. The third kappa shape index (κ3) is 4.15. The van der Waals surface area contributed by atoms with Crippen molar-refractivity contribution in [1.29, 1.82) is 0 Å². The predicted molar refractivity (Wildman–Crippen MR) is 131 cm³/mol. The molecule has 1 aromatic heterocycles. The van der Waals surface area contributed by atoms with Gasteiger partial charge < -0.3 is 14.8 Å². The van der Waals surface area contributed by atoms with Gasteiger partial charge in [0.2, 0.25) is 15.9 Å². The molecule has 11 heteroatoms. The van der Waals surface area contributed by atoms with Crippen LogP contribution in [0.4, 0.5) is 14.6 Å². The number of ether oxygens (including phenoxy) is 2. The first kappa shape index (κ1) is 23.3. The van der Waals surface area contributed by atoms with Crippen LogP contribution in [0.1, 0.15) is 18.4 Å². The highest BCUT2D eigenvalue weighted by molar-refractivity contribution is 7.89. The maximum absolute atomic E-state index is 13.5. The number of hydrogen-bond donors (Lipinski definition) is 2. The molecule has 6 rings (SSSR count). The second-order valence-corrected chi connectivity index (χ2v) is 10.6. The molecule has 188 valence electrons. The molecule has 0 radical (unpaired) electrons. The highest BCUT2D eigenvalue weighted by Gasteiger charge is 2.53. The number of sulfonamides is 1. The molecule has 0 saturated heterocycles. The van der Waals surface area contributed by atoms with Crippen LogP contribution in [-0.2, 0) is 20.2 Å². The Morgan fingerprint density at radius 1 is 0.946 bits per heavy atom. The van der Waals surface area contributed by atoms with Crippen molar-refractivity contribution in [2.24, 2.45) is 5.14 Å². The number of rotatable bonds is 5. The van der Waals surface area contributed by atoms with Crippen LogP contribution in [0.15, 0.2) is 77.7 Å². The van der Waals surface area contributed by atoms with Crippen molar-refractivity contribution < 1.29 is 31.5 Å². The number of primary sulfonamides is 1.